The summed E-state index contributed by atoms with van der Waals surface area (Å²) in [6, 6.07) is 23.9. The van der Waals surface area contributed by atoms with Gasteiger partial charge >= 0.3 is 0 Å². The predicted molar refractivity (Wildman–Crippen MR) is 121 cm³/mol. The van der Waals surface area contributed by atoms with Crippen molar-refractivity contribution in [3.05, 3.63) is 95.6 Å². The maximum absolute atomic E-state index is 13.2. The molecule has 32 heavy (non-hydrogen) atoms. The van der Waals surface area contributed by atoms with Gasteiger partial charge in [0.2, 0.25) is 12.7 Å². The van der Waals surface area contributed by atoms with Crippen molar-refractivity contribution in [3.63, 3.8) is 0 Å². The van der Waals surface area contributed by atoms with E-state index >= 15 is 0 Å². The number of hydrogen-bond donors (Lipinski definition) is 1. The number of rotatable bonds is 8. The van der Waals surface area contributed by atoms with E-state index < -0.39 is 6.04 Å². The highest BCUT2D eigenvalue weighted by molar-refractivity contribution is 5.94. The molecule has 1 aliphatic rings. The lowest BCUT2D eigenvalue weighted by atomic mass is 10.0. The Labute approximate surface area is 187 Å². The first-order valence-electron chi connectivity index (χ1n) is 10.7. The number of carbonyl (C=O) groups excluding carboxylic acids is 2. The third-order valence-corrected chi connectivity index (χ3v) is 5.47. The predicted octanol–water partition coefficient (Wildman–Crippen LogP) is 4.33. The van der Waals surface area contributed by atoms with Gasteiger partial charge in [0.15, 0.2) is 11.5 Å². The highest BCUT2D eigenvalue weighted by Crippen LogP contribution is 2.33. The number of fused-ring (bicyclic) bond motifs is 1. The van der Waals surface area contributed by atoms with Crippen molar-refractivity contribution in [3.8, 4) is 11.5 Å². The van der Waals surface area contributed by atoms with Crippen LogP contribution in [0.25, 0.3) is 0 Å². The van der Waals surface area contributed by atoms with E-state index in [1.807, 2.05) is 73.7 Å². The number of benzene rings is 3. The Morgan fingerprint density at radius 1 is 0.938 bits per heavy atom. The van der Waals surface area contributed by atoms with E-state index in [0.29, 0.717) is 24.4 Å². The third kappa shape index (κ3) is 5.09. The van der Waals surface area contributed by atoms with E-state index in [1.54, 1.807) is 17.0 Å². The second-order valence-corrected chi connectivity index (χ2v) is 7.60. The van der Waals surface area contributed by atoms with Gasteiger partial charge in [0.05, 0.1) is 12.5 Å². The van der Waals surface area contributed by atoms with Crippen molar-refractivity contribution in [1.82, 2.24) is 10.2 Å². The first-order chi connectivity index (χ1) is 15.6. The quantitative estimate of drug-likeness (QED) is 0.578. The summed E-state index contributed by atoms with van der Waals surface area (Å²) in [5, 5.41) is 3.03. The molecule has 0 saturated heterocycles. The van der Waals surface area contributed by atoms with Gasteiger partial charge in [-0.3, -0.25) is 9.59 Å². The lowest BCUT2D eigenvalue weighted by molar-refractivity contribution is -0.132. The Morgan fingerprint density at radius 2 is 1.62 bits per heavy atom. The van der Waals surface area contributed by atoms with E-state index in [0.717, 1.165) is 16.9 Å². The van der Waals surface area contributed by atoms with Crippen molar-refractivity contribution in [1.29, 1.82) is 0 Å². The molecule has 0 aliphatic carbocycles. The van der Waals surface area contributed by atoms with E-state index in [-0.39, 0.29) is 25.0 Å². The zero-order chi connectivity index (χ0) is 22.3. The molecule has 0 fully saturated rings. The summed E-state index contributed by atoms with van der Waals surface area (Å²) >= 11 is 0. The van der Waals surface area contributed by atoms with Crippen molar-refractivity contribution in [2.24, 2.45) is 0 Å². The number of amides is 2. The SMILES string of the molecule is CCN(Cc1ccc2c(c1)OCO2)C(=O)CC(NC(=O)c1ccccc1)c1ccccc1. The van der Waals surface area contributed by atoms with Crippen LogP contribution in [0.1, 0.15) is 40.9 Å². The smallest absolute Gasteiger partial charge is 0.251 e. The van der Waals surface area contributed by atoms with E-state index in [4.69, 9.17) is 9.47 Å². The van der Waals surface area contributed by atoms with Gasteiger partial charge < -0.3 is 19.7 Å². The fraction of sp³-hybridized carbons (Fsp3) is 0.231. The summed E-state index contributed by atoms with van der Waals surface area (Å²) in [7, 11) is 0. The number of hydrogen-bond acceptors (Lipinski definition) is 4. The molecule has 3 aromatic carbocycles. The fourth-order valence-electron chi connectivity index (χ4n) is 3.71. The Balaban J connectivity index is 1.48. The molecule has 1 N–H and O–H groups in total. The normalized spacial score (nSPS) is 12.8. The number of nitrogens with one attached hydrogen (secondary N) is 1. The largest absolute Gasteiger partial charge is 0.454 e. The van der Waals surface area contributed by atoms with Crippen molar-refractivity contribution in [2.45, 2.75) is 25.9 Å². The minimum atomic E-state index is -0.429. The molecule has 1 heterocycles. The summed E-state index contributed by atoms with van der Waals surface area (Å²) in [5.41, 5.74) is 2.42. The van der Waals surface area contributed by atoms with Gasteiger partial charge in [-0.2, -0.15) is 0 Å². The molecule has 0 radical (unpaired) electrons. The number of ether oxygens (including phenoxy) is 2. The number of nitrogens with zero attached hydrogens (tertiary/aromatic N) is 1. The second-order valence-electron chi connectivity index (χ2n) is 7.60. The Kier molecular flexibility index (Phi) is 6.70. The summed E-state index contributed by atoms with van der Waals surface area (Å²) in [6.07, 6.45) is 0.168. The van der Waals surface area contributed by atoms with Crippen LogP contribution in [0.3, 0.4) is 0 Å². The van der Waals surface area contributed by atoms with Gasteiger partial charge in [-0.05, 0) is 42.3 Å². The minimum Gasteiger partial charge on any atom is -0.454 e. The number of carbonyl (C=O) groups is 2. The monoisotopic (exact) mass is 430 g/mol. The van der Waals surface area contributed by atoms with Gasteiger partial charge in [-0.15, -0.1) is 0 Å². The van der Waals surface area contributed by atoms with Gasteiger partial charge in [-0.25, -0.2) is 0 Å². The van der Waals surface area contributed by atoms with Crippen LogP contribution in [-0.4, -0.2) is 30.1 Å². The Morgan fingerprint density at radius 3 is 2.34 bits per heavy atom. The van der Waals surface area contributed by atoms with Gasteiger partial charge in [-0.1, -0.05) is 54.6 Å². The van der Waals surface area contributed by atoms with Crippen molar-refractivity contribution < 1.29 is 19.1 Å². The summed E-state index contributed by atoms with van der Waals surface area (Å²) in [5.74, 6) is 1.18. The minimum absolute atomic E-state index is 0.0348. The molecule has 3 aromatic rings. The van der Waals surface area contributed by atoms with Crippen LogP contribution in [0.4, 0.5) is 0 Å². The first kappa shape index (κ1) is 21.4. The molecule has 164 valence electrons. The summed E-state index contributed by atoms with van der Waals surface area (Å²) in [4.78, 5) is 27.8. The van der Waals surface area contributed by atoms with E-state index in [9.17, 15) is 9.59 Å². The maximum atomic E-state index is 13.2. The van der Waals surface area contributed by atoms with Crippen LogP contribution in [0.2, 0.25) is 0 Å². The molecule has 0 bridgehead atoms. The molecule has 4 rings (SSSR count). The molecular formula is C26H26N2O4. The summed E-state index contributed by atoms with van der Waals surface area (Å²) in [6.45, 7) is 3.18. The van der Waals surface area contributed by atoms with Crippen molar-refractivity contribution >= 4 is 11.8 Å². The van der Waals surface area contributed by atoms with Gasteiger partial charge in [0.1, 0.15) is 0 Å². The molecular weight excluding hydrogens is 404 g/mol. The topological polar surface area (TPSA) is 67.9 Å². The zero-order valence-corrected chi connectivity index (χ0v) is 18.0. The van der Waals surface area contributed by atoms with E-state index in [1.165, 1.54) is 0 Å². The molecule has 1 unspecified atom stereocenters. The standard InChI is InChI=1S/C26H26N2O4/c1-2-28(17-19-13-14-23-24(15-19)32-18-31-23)25(29)16-22(20-9-5-3-6-10-20)27-26(30)21-11-7-4-8-12-21/h3-15,22H,2,16-18H2,1H3,(H,27,30). The van der Waals surface area contributed by atoms with Crippen LogP contribution in [0, 0.1) is 0 Å². The zero-order valence-electron chi connectivity index (χ0n) is 18.0. The van der Waals surface area contributed by atoms with Crippen LogP contribution in [0.15, 0.2) is 78.9 Å². The molecule has 1 aliphatic heterocycles. The van der Waals surface area contributed by atoms with Crippen LogP contribution in [0.5, 0.6) is 11.5 Å². The lowest BCUT2D eigenvalue weighted by Crippen LogP contribution is -2.36. The van der Waals surface area contributed by atoms with E-state index in [2.05, 4.69) is 5.32 Å². The maximum Gasteiger partial charge on any atom is 0.251 e. The van der Waals surface area contributed by atoms with Crippen molar-refractivity contribution in [2.75, 3.05) is 13.3 Å². The second kappa shape index (κ2) is 10.0. The van der Waals surface area contributed by atoms with Crippen LogP contribution < -0.4 is 14.8 Å². The van der Waals surface area contributed by atoms with Gasteiger partial charge in [0.25, 0.3) is 5.91 Å². The average Bonchev–Trinajstić information content (AvgIpc) is 3.31. The highest BCUT2D eigenvalue weighted by atomic mass is 16.7. The Bertz CT molecular complexity index is 1070. The molecule has 2 amide bonds. The molecule has 1 atom stereocenters. The lowest BCUT2D eigenvalue weighted by Gasteiger charge is -2.25. The molecule has 0 saturated carbocycles. The molecule has 6 heteroatoms. The summed E-state index contributed by atoms with van der Waals surface area (Å²) < 4.78 is 10.8. The molecule has 0 aromatic heterocycles. The van der Waals surface area contributed by atoms with Gasteiger partial charge in [0, 0.05) is 18.7 Å². The third-order valence-electron chi connectivity index (χ3n) is 5.47. The van der Waals surface area contributed by atoms with Crippen LogP contribution >= 0.6 is 0 Å². The fourth-order valence-corrected chi connectivity index (χ4v) is 3.71. The average molecular weight is 431 g/mol. The highest BCUT2D eigenvalue weighted by Gasteiger charge is 2.23. The molecule has 6 nitrogen and oxygen atoms in total. The Hall–Kier alpha value is -3.80. The first-order valence-corrected chi connectivity index (χ1v) is 10.7. The van der Waals surface area contributed by atoms with Crippen LogP contribution in [-0.2, 0) is 11.3 Å². The molecule has 0 spiro atoms.